The monoisotopic (exact) mass is 397 g/mol. The predicted molar refractivity (Wildman–Crippen MR) is 98.9 cm³/mol. The Morgan fingerprint density at radius 3 is 1.71 bits per heavy atom. The molecule has 0 bridgehead atoms. The molecule has 0 saturated carbocycles. The van der Waals surface area contributed by atoms with E-state index < -0.39 is 14.9 Å². The van der Waals surface area contributed by atoms with Crippen LogP contribution in [0.15, 0.2) is 48.5 Å². The Labute approximate surface area is 149 Å². The third-order valence-electron chi connectivity index (χ3n) is 2.96. The molecule has 131 valence electrons. The summed E-state index contributed by atoms with van der Waals surface area (Å²) in [5.41, 5.74) is 12.5. The topological polar surface area (TPSA) is 87.6 Å². The molecule has 0 heterocycles. The SMILES string of the molecule is CCCCOc1ccc(N)cc1.Nc1ccc(OCC[Se]=O)cc1. The van der Waals surface area contributed by atoms with Crippen LogP contribution in [0.5, 0.6) is 11.5 Å². The molecule has 0 aliphatic rings. The molecule has 0 unspecified atom stereocenters. The van der Waals surface area contributed by atoms with Crippen molar-refractivity contribution < 1.29 is 13.3 Å². The number of nitrogens with two attached hydrogens (primary N) is 2. The first-order valence-electron chi connectivity index (χ1n) is 7.87. The molecule has 4 N–H and O–H groups in total. The van der Waals surface area contributed by atoms with Gasteiger partial charge in [-0.1, -0.05) is 13.3 Å². The molecule has 0 aliphatic carbocycles. The fraction of sp³-hybridized carbons (Fsp3) is 0.333. The number of nitrogen functional groups attached to an aromatic ring is 2. The van der Waals surface area contributed by atoms with E-state index in [9.17, 15) is 3.83 Å². The third kappa shape index (κ3) is 9.18. The Hall–Kier alpha value is -2.04. The van der Waals surface area contributed by atoms with E-state index in [-0.39, 0.29) is 0 Å². The van der Waals surface area contributed by atoms with Crippen molar-refractivity contribution in [3.8, 4) is 11.5 Å². The van der Waals surface area contributed by atoms with E-state index >= 15 is 0 Å². The first-order chi connectivity index (χ1) is 11.7. The van der Waals surface area contributed by atoms with E-state index in [2.05, 4.69) is 6.92 Å². The van der Waals surface area contributed by atoms with Gasteiger partial charge in [0.15, 0.2) is 0 Å². The van der Waals surface area contributed by atoms with Gasteiger partial charge in [0.1, 0.15) is 5.75 Å². The average Bonchev–Trinajstić information content (AvgIpc) is 2.59. The molecule has 6 heteroatoms. The molecule has 0 saturated heterocycles. The zero-order valence-corrected chi connectivity index (χ0v) is 15.7. The zero-order chi connectivity index (χ0) is 17.6. The predicted octanol–water partition coefficient (Wildman–Crippen LogP) is 3.56. The first-order valence-corrected chi connectivity index (χ1v) is 9.78. The van der Waals surface area contributed by atoms with Crippen LogP contribution in [0.3, 0.4) is 0 Å². The number of benzene rings is 2. The van der Waals surface area contributed by atoms with E-state index in [0.29, 0.717) is 11.9 Å². The second-order valence-corrected chi connectivity index (χ2v) is 6.36. The second-order valence-electron chi connectivity index (χ2n) is 5.01. The molecular formula is C18H25N2O3Se. The summed E-state index contributed by atoms with van der Waals surface area (Å²) in [6.07, 6.45) is 2.26. The van der Waals surface area contributed by atoms with E-state index in [1.54, 1.807) is 24.3 Å². The molecule has 2 aromatic rings. The maximum atomic E-state index is 10.1. The van der Waals surface area contributed by atoms with Gasteiger partial charge in [0.2, 0.25) is 0 Å². The van der Waals surface area contributed by atoms with Gasteiger partial charge in [-0.25, -0.2) is 0 Å². The summed E-state index contributed by atoms with van der Waals surface area (Å²) in [4.78, 5) is 0. The van der Waals surface area contributed by atoms with Crippen molar-refractivity contribution in [1.29, 1.82) is 0 Å². The van der Waals surface area contributed by atoms with Crippen molar-refractivity contribution in [3.63, 3.8) is 0 Å². The average molecular weight is 396 g/mol. The fourth-order valence-corrected chi connectivity index (χ4v) is 1.97. The summed E-state index contributed by atoms with van der Waals surface area (Å²) in [7, 11) is 0. The molecule has 1 radical (unpaired) electrons. The van der Waals surface area contributed by atoms with Crippen LogP contribution in [-0.4, -0.2) is 28.1 Å². The van der Waals surface area contributed by atoms with Crippen molar-refractivity contribution in [1.82, 2.24) is 0 Å². The Morgan fingerprint density at radius 2 is 1.29 bits per heavy atom. The second kappa shape index (κ2) is 12.4. The summed E-state index contributed by atoms with van der Waals surface area (Å²) < 4.78 is 20.8. The summed E-state index contributed by atoms with van der Waals surface area (Å²) in [6, 6.07) is 14.6. The van der Waals surface area contributed by atoms with Crippen molar-refractivity contribution in [2.24, 2.45) is 0 Å². The van der Waals surface area contributed by atoms with Gasteiger partial charge in [-0.05, 0) is 30.7 Å². The van der Waals surface area contributed by atoms with Crippen LogP contribution in [0.1, 0.15) is 19.8 Å². The summed E-state index contributed by atoms with van der Waals surface area (Å²) in [6.45, 7) is 3.44. The number of hydrogen-bond donors (Lipinski definition) is 2. The van der Waals surface area contributed by atoms with Gasteiger partial charge in [0.25, 0.3) is 0 Å². The number of anilines is 2. The Balaban J connectivity index is 0.000000240. The van der Waals surface area contributed by atoms with Crippen molar-refractivity contribution in [2.45, 2.75) is 25.1 Å². The Morgan fingerprint density at radius 1 is 0.833 bits per heavy atom. The van der Waals surface area contributed by atoms with Gasteiger partial charge < -0.3 is 10.5 Å². The van der Waals surface area contributed by atoms with Gasteiger partial charge in [-0.3, -0.25) is 0 Å². The maximum absolute atomic E-state index is 10.1. The van der Waals surface area contributed by atoms with Gasteiger partial charge in [0, 0.05) is 5.69 Å². The van der Waals surface area contributed by atoms with Crippen LogP contribution in [0.2, 0.25) is 5.32 Å². The van der Waals surface area contributed by atoms with E-state index in [1.165, 1.54) is 0 Å². The molecule has 0 spiro atoms. The molecule has 0 aromatic heterocycles. The molecule has 0 aliphatic heterocycles. The molecule has 0 atom stereocenters. The Kier molecular flexibility index (Phi) is 10.3. The zero-order valence-electron chi connectivity index (χ0n) is 13.9. The number of ether oxygens (including phenoxy) is 2. The molecular weight excluding hydrogens is 371 g/mol. The molecule has 0 amide bonds. The molecule has 5 nitrogen and oxygen atoms in total. The standard InChI is InChI=1S/C10H15NO.C8H10NO2Se/c1-2-3-8-12-10-6-4-9(11)5-7-10;9-7-1-3-8(4-2-7)11-5-6-12-10/h4-7H,2-3,8,11H2,1H3;1-4H,5-6,9H2. The van der Waals surface area contributed by atoms with Crippen LogP contribution in [0, 0.1) is 0 Å². The molecule has 2 rings (SSSR count). The van der Waals surface area contributed by atoms with Crippen molar-refractivity contribution >= 4 is 26.3 Å². The summed E-state index contributed by atoms with van der Waals surface area (Å²) >= 11 is -0.548. The third-order valence-corrected chi connectivity index (χ3v) is 3.66. The van der Waals surface area contributed by atoms with Gasteiger partial charge in [-0.15, -0.1) is 0 Å². The van der Waals surface area contributed by atoms with Gasteiger partial charge in [0.05, 0.1) is 6.61 Å². The van der Waals surface area contributed by atoms with Crippen molar-refractivity contribution in [3.05, 3.63) is 48.5 Å². The van der Waals surface area contributed by atoms with Crippen LogP contribution >= 0.6 is 0 Å². The number of rotatable bonds is 8. The quantitative estimate of drug-likeness (QED) is 0.405. The number of hydrogen-bond acceptors (Lipinski definition) is 5. The fourth-order valence-electron chi connectivity index (χ4n) is 1.66. The van der Waals surface area contributed by atoms with Crippen LogP contribution in [0.4, 0.5) is 11.4 Å². The van der Waals surface area contributed by atoms with Gasteiger partial charge in [-0.2, -0.15) is 0 Å². The molecule has 2 aromatic carbocycles. The first kappa shape index (κ1) is 20.0. The normalized spacial score (nSPS) is 9.54. The van der Waals surface area contributed by atoms with E-state index in [0.717, 1.165) is 42.3 Å². The Bertz CT molecular complexity index is 574. The minimum absolute atomic E-state index is 0.507. The van der Waals surface area contributed by atoms with Crippen molar-refractivity contribution in [2.75, 3.05) is 24.7 Å². The molecule has 0 fully saturated rings. The van der Waals surface area contributed by atoms with E-state index in [1.807, 2.05) is 24.3 Å². The van der Waals surface area contributed by atoms with Crippen LogP contribution < -0.4 is 20.9 Å². The molecule has 24 heavy (non-hydrogen) atoms. The summed E-state index contributed by atoms with van der Waals surface area (Å²) in [5.74, 6) is 1.67. The van der Waals surface area contributed by atoms with E-state index in [4.69, 9.17) is 20.9 Å². The van der Waals surface area contributed by atoms with Crippen LogP contribution in [0.25, 0.3) is 0 Å². The van der Waals surface area contributed by atoms with Crippen LogP contribution in [-0.2, 0) is 3.83 Å². The van der Waals surface area contributed by atoms with Gasteiger partial charge >= 0.3 is 76.8 Å². The summed E-state index contributed by atoms with van der Waals surface area (Å²) in [5, 5.41) is 0.609. The minimum atomic E-state index is -0.548. The number of unbranched alkanes of at least 4 members (excludes halogenated alkanes) is 1.